The van der Waals surface area contributed by atoms with Crippen LogP contribution in [-0.4, -0.2) is 4.57 Å². The van der Waals surface area contributed by atoms with Crippen molar-refractivity contribution in [1.82, 2.24) is 4.57 Å². The number of rotatable bonds is 0. The van der Waals surface area contributed by atoms with E-state index in [0.29, 0.717) is 11.3 Å². The van der Waals surface area contributed by atoms with Gasteiger partial charge in [-0.1, -0.05) is 0 Å². The van der Waals surface area contributed by atoms with Gasteiger partial charge >= 0.3 is 5.76 Å². The SMILES string of the molecule is CC(C)(C)n1c(=O)oc2ccc(N)cc21. The molecule has 1 aromatic carbocycles. The minimum Gasteiger partial charge on any atom is -0.408 e. The smallest absolute Gasteiger partial charge is 0.408 e. The summed E-state index contributed by atoms with van der Waals surface area (Å²) in [6, 6.07) is 5.19. The fraction of sp³-hybridized carbons (Fsp3) is 0.364. The Kier molecular flexibility index (Phi) is 1.89. The van der Waals surface area contributed by atoms with Crippen LogP contribution in [0.3, 0.4) is 0 Å². The lowest BCUT2D eigenvalue weighted by Gasteiger charge is -2.19. The van der Waals surface area contributed by atoms with Crippen LogP contribution in [0.25, 0.3) is 11.1 Å². The summed E-state index contributed by atoms with van der Waals surface area (Å²) in [5, 5.41) is 0. The van der Waals surface area contributed by atoms with Crippen LogP contribution in [0.15, 0.2) is 27.4 Å². The van der Waals surface area contributed by atoms with Crippen LogP contribution in [0.1, 0.15) is 20.8 Å². The first-order chi connectivity index (χ1) is 6.89. The van der Waals surface area contributed by atoms with Gasteiger partial charge in [0.1, 0.15) is 0 Å². The molecule has 0 fully saturated rings. The third-order valence-electron chi connectivity index (χ3n) is 2.27. The average Bonchev–Trinajstić information content (AvgIpc) is 2.38. The summed E-state index contributed by atoms with van der Waals surface area (Å²) in [6.07, 6.45) is 0. The van der Waals surface area contributed by atoms with E-state index in [4.69, 9.17) is 10.2 Å². The minimum absolute atomic E-state index is 0.309. The van der Waals surface area contributed by atoms with Crippen molar-refractivity contribution in [3.8, 4) is 0 Å². The molecule has 2 rings (SSSR count). The molecule has 2 N–H and O–H groups in total. The van der Waals surface area contributed by atoms with E-state index in [1.165, 1.54) is 0 Å². The highest BCUT2D eigenvalue weighted by molar-refractivity contribution is 5.77. The first-order valence-corrected chi connectivity index (χ1v) is 4.81. The third-order valence-corrected chi connectivity index (χ3v) is 2.27. The first-order valence-electron chi connectivity index (χ1n) is 4.81. The molecule has 0 aliphatic rings. The molecule has 0 aliphatic heterocycles. The van der Waals surface area contributed by atoms with Crippen LogP contribution in [0.4, 0.5) is 5.69 Å². The van der Waals surface area contributed by atoms with Gasteiger partial charge in [-0.25, -0.2) is 4.79 Å². The Bertz CT molecular complexity index is 558. The predicted octanol–water partition coefficient (Wildman–Crippen LogP) is 1.93. The molecule has 15 heavy (non-hydrogen) atoms. The molecule has 0 atom stereocenters. The summed E-state index contributed by atoms with van der Waals surface area (Å²) in [7, 11) is 0. The van der Waals surface area contributed by atoms with Crippen LogP contribution in [0, 0.1) is 0 Å². The highest BCUT2D eigenvalue weighted by atomic mass is 16.4. The molecule has 80 valence electrons. The van der Waals surface area contributed by atoms with E-state index in [2.05, 4.69) is 0 Å². The number of oxazole rings is 1. The Hall–Kier alpha value is -1.71. The van der Waals surface area contributed by atoms with Gasteiger partial charge in [-0.3, -0.25) is 4.57 Å². The van der Waals surface area contributed by atoms with Crippen molar-refractivity contribution < 1.29 is 4.42 Å². The van der Waals surface area contributed by atoms with Gasteiger partial charge in [-0.05, 0) is 39.0 Å². The summed E-state index contributed by atoms with van der Waals surface area (Å²) < 4.78 is 6.74. The largest absolute Gasteiger partial charge is 0.420 e. The molecule has 0 bridgehead atoms. The van der Waals surface area contributed by atoms with Crippen LogP contribution in [0.5, 0.6) is 0 Å². The van der Waals surface area contributed by atoms with Gasteiger partial charge in [0.05, 0.1) is 5.52 Å². The first kappa shape index (κ1) is 9.83. The van der Waals surface area contributed by atoms with Gasteiger partial charge < -0.3 is 10.2 Å². The fourth-order valence-electron chi connectivity index (χ4n) is 1.67. The molecule has 4 heteroatoms. The van der Waals surface area contributed by atoms with Crippen molar-refractivity contribution in [1.29, 1.82) is 0 Å². The number of nitrogens with zero attached hydrogens (tertiary/aromatic N) is 1. The molecule has 0 aliphatic carbocycles. The fourth-order valence-corrected chi connectivity index (χ4v) is 1.67. The number of aromatic nitrogens is 1. The third kappa shape index (κ3) is 1.52. The molecule has 0 amide bonds. The number of hydrogen-bond donors (Lipinski definition) is 1. The molecule has 1 heterocycles. The van der Waals surface area contributed by atoms with Crippen LogP contribution in [0.2, 0.25) is 0 Å². The van der Waals surface area contributed by atoms with E-state index in [9.17, 15) is 4.79 Å². The number of anilines is 1. The Balaban J connectivity index is 2.89. The second-order valence-corrected chi connectivity index (χ2v) is 4.60. The number of nitrogens with two attached hydrogens (primary N) is 1. The van der Waals surface area contributed by atoms with Crippen molar-refractivity contribution in [3.63, 3.8) is 0 Å². The lowest BCUT2D eigenvalue weighted by atomic mass is 10.1. The van der Waals surface area contributed by atoms with Gasteiger partial charge in [0.15, 0.2) is 5.58 Å². The van der Waals surface area contributed by atoms with Gasteiger partial charge in [-0.15, -0.1) is 0 Å². The maximum absolute atomic E-state index is 11.7. The van der Waals surface area contributed by atoms with Gasteiger partial charge in [0.25, 0.3) is 0 Å². The Morgan fingerprint density at radius 1 is 1.33 bits per heavy atom. The quantitative estimate of drug-likeness (QED) is 0.670. The van der Waals surface area contributed by atoms with E-state index in [1.54, 1.807) is 22.8 Å². The van der Waals surface area contributed by atoms with E-state index in [-0.39, 0.29) is 11.3 Å². The molecule has 0 saturated carbocycles. The zero-order valence-electron chi connectivity index (χ0n) is 9.07. The summed E-state index contributed by atoms with van der Waals surface area (Å²) in [5.74, 6) is -0.344. The maximum atomic E-state index is 11.7. The van der Waals surface area contributed by atoms with Gasteiger partial charge in [0.2, 0.25) is 0 Å². The van der Waals surface area contributed by atoms with Gasteiger partial charge in [0, 0.05) is 11.2 Å². The zero-order chi connectivity index (χ0) is 11.2. The monoisotopic (exact) mass is 206 g/mol. The lowest BCUT2D eigenvalue weighted by molar-refractivity contribution is 0.363. The summed E-state index contributed by atoms with van der Waals surface area (Å²) >= 11 is 0. The van der Waals surface area contributed by atoms with Crippen molar-refractivity contribution in [2.45, 2.75) is 26.3 Å². The van der Waals surface area contributed by atoms with E-state index in [0.717, 1.165) is 5.52 Å². The second kappa shape index (κ2) is 2.89. The normalized spacial score (nSPS) is 12.2. The number of hydrogen-bond acceptors (Lipinski definition) is 3. The average molecular weight is 206 g/mol. The molecule has 1 aromatic heterocycles. The topological polar surface area (TPSA) is 61.2 Å². The zero-order valence-corrected chi connectivity index (χ0v) is 9.07. The highest BCUT2D eigenvalue weighted by Crippen LogP contribution is 2.22. The number of fused-ring (bicyclic) bond motifs is 1. The molecule has 0 saturated heterocycles. The predicted molar refractivity (Wildman–Crippen MR) is 59.9 cm³/mol. The lowest BCUT2D eigenvalue weighted by Crippen LogP contribution is -2.30. The molecule has 0 radical (unpaired) electrons. The van der Waals surface area contributed by atoms with Crippen molar-refractivity contribution >= 4 is 16.8 Å². The van der Waals surface area contributed by atoms with Crippen LogP contribution in [-0.2, 0) is 5.54 Å². The molecular weight excluding hydrogens is 192 g/mol. The summed E-state index contributed by atoms with van der Waals surface area (Å²) in [4.78, 5) is 11.7. The van der Waals surface area contributed by atoms with Crippen molar-refractivity contribution in [3.05, 3.63) is 28.7 Å². The molecule has 0 unspecified atom stereocenters. The highest BCUT2D eigenvalue weighted by Gasteiger charge is 2.20. The number of benzene rings is 1. The molecule has 2 aromatic rings. The standard InChI is InChI=1S/C11H14N2O2/c1-11(2,3)13-8-6-7(12)4-5-9(8)15-10(13)14/h4-6H,12H2,1-3H3. The Morgan fingerprint density at radius 3 is 2.60 bits per heavy atom. The Morgan fingerprint density at radius 2 is 2.00 bits per heavy atom. The summed E-state index contributed by atoms with van der Waals surface area (Å²) in [6.45, 7) is 5.85. The van der Waals surface area contributed by atoms with E-state index < -0.39 is 0 Å². The minimum atomic E-state index is -0.344. The molecule has 0 spiro atoms. The van der Waals surface area contributed by atoms with E-state index in [1.807, 2.05) is 20.8 Å². The number of nitrogen functional groups attached to an aromatic ring is 1. The molecule has 4 nitrogen and oxygen atoms in total. The van der Waals surface area contributed by atoms with Crippen molar-refractivity contribution in [2.75, 3.05) is 5.73 Å². The second-order valence-electron chi connectivity index (χ2n) is 4.60. The van der Waals surface area contributed by atoms with Crippen molar-refractivity contribution in [2.24, 2.45) is 0 Å². The summed E-state index contributed by atoms with van der Waals surface area (Å²) in [5.41, 5.74) is 7.32. The Labute approximate surface area is 87.3 Å². The van der Waals surface area contributed by atoms with E-state index >= 15 is 0 Å². The maximum Gasteiger partial charge on any atom is 0.420 e. The van der Waals surface area contributed by atoms with Crippen LogP contribution < -0.4 is 11.5 Å². The molecular formula is C11H14N2O2. The van der Waals surface area contributed by atoms with Gasteiger partial charge in [-0.2, -0.15) is 0 Å². The van der Waals surface area contributed by atoms with Crippen LogP contribution >= 0.6 is 0 Å².